The molecule has 2 saturated carbocycles. The molecule has 66 heavy (non-hydrogen) atoms. The van der Waals surface area contributed by atoms with Crippen LogP contribution >= 0.6 is 92.8 Å². The fourth-order valence-corrected chi connectivity index (χ4v) is 10.2. The number of carbonyl (C=O) groups is 4. The molecule has 18 heteroatoms. The third-order valence-corrected chi connectivity index (χ3v) is 13.5. The molecule has 2 N–H and O–H groups in total. The lowest BCUT2D eigenvalue weighted by Crippen LogP contribution is -2.18. The third-order valence-electron chi connectivity index (χ3n) is 10.8. The monoisotopic (exact) mass is 1050 g/mol. The molecule has 340 valence electrons. The Balaban J connectivity index is 0.000000196. The molecule has 2 amide bonds. The molecule has 0 aromatic heterocycles. The quantitative estimate of drug-likeness (QED) is 0.0726. The first-order valence-electron chi connectivity index (χ1n) is 19.6. The van der Waals surface area contributed by atoms with Crippen LogP contribution in [-0.4, -0.2) is 32.0 Å². The van der Waals surface area contributed by atoms with Crippen molar-refractivity contribution in [3.8, 4) is 0 Å². The zero-order valence-corrected chi connectivity index (χ0v) is 39.5. The summed E-state index contributed by atoms with van der Waals surface area (Å²) in [6, 6.07) is 27.7. The Kier molecular flexibility index (Phi) is 15.1. The molecular weight excluding hydrogens is 1030 g/mol. The molecule has 6 nitrogen and oxygen atoms in total. The van der Waals surface area contributed by atoms with Gasteiger partial charge >= 0.3 is 0 Å². The molecule has 0 bridgehead atoms. The number of halogens is 12. The lowest BCUT2D eigenvalue weighted by Gasteiger charge is -2.09. The van der Waals surface area contributed by atoms with Crippen molar-refractivity contribution in [2.24, 2.45) is 11.8 Å². The number of ketones is 2. The number of amides is 2. The van der Waals surface area contributed by atoms with E-state index in [1.165, 1.54) is 72.8 Å². The molecule has 0 spiro atoms. The minimum Gasteiger partial charge on any atom is -0.326 e. The van der Waals surface area contributed by atoms with E-state index in [0.717, 1.165) is 12.1 Å². The van der Waals surface area contributed by atoms with Crippen molar-refractivity contribution in [2.75, 3.05) is 10.6 Å². The lowest BCUT2D eigenvalue weighted by molar-refractivity contribution is -0.118. The van der Waals surface area contributed by atoms with Crippen LogP contribution in [-0.2, 0) is 22.4 Å². The van der Waals surface area contributed by atoms with Gasteiger partial charge in [-0.1, -0.05) is 70.7 Å². The van der Waals surface area contributed by atoms with Crippen molar-refractivity contribution < 1.29 is 36.7 Å². The summed E-state index contributed by atoms with van der Waals surface area (Å²) in [4.78, 5) is 50.9. The van der Waals surface area contributed by atoms with Crippen LogP contribution in [0.3, 0.4) is 0 Å². The molecule has 2 fully saturated rings. The van der Waals surface area contributed by atoms with E-state index in [0.29, 0.717) is 42.3 Å². The van der Waals surface area contributed by atoms with Crippen LogP contribution in [0.4, 0.5) is 28.9 Å². The fourth-order valence-electron chi connectivity index (χ4n) is 7.48. The van der Waals surface area contributed by atoms with Crippen molar-refractivity contribution in [3.05, 3.63) is 198 Å². The molecule has 0 radical (unpaired) electrons. The molecule has 6 aromatic carbocycles. The van der Waals surface area contributed by atoms with Crippen LogP contribution < -0.4 is 10.6 Å². The highest BCUT2D eigenvalue weighted by Gasteiger charge is 2.68. The van der Waals surface area contributed by atoms with Gasteiger partial charge in [0.1, 0.15) is 31.9 Å². The normalized spacial score (nSPS) is 18.6. The minimum absolute atomic E-state index is 0.124. The van der Waals surface area contributed by atoms with Crippen LogP contribution in [0.25, 0.3) is 0 Å². The van der Waals surface area contributed by atoms with Crippen molar-refractivity contribution in [1.29, 1.82) is 0 Å². The van der Waals surface area contributed by atoms with Gasteiger partial charge in [0.25, 0.3) is 0 Å². The van der Waals surface area contributed by atoms with Gasteiger partial charge in [-0.2, -0.15) is 0 Å². The molecule has 0 unspecified atom stereocenters. The van der Waals surface area contributed by atoms with Gasteiger partial charge in [-0.25, -0.2) is 17.6 Å². The molecule has 4 atom stereocenters. The molecule has 2 aliphatic carbocycles. The van der Waals surface area contributed by atoms with Gasteiger partial charge in [0.2, 0.25) is 11.8 Å². The molecule has 8 rings (SSSR count). The van der Waals surface area contributed by atoms with Crippen LogP contribution in [0.5, 0.6) is 0 Å². The van der Waals surface area contributed by atoms with E-state index in [1.54, 1.807) is 36.4 Å². The van der Waals surface area contributed by atoms with E-state index in [2.05, 4.69) is 10.6 Å². The second kappa shape index (κ2) is 20.1. The summed E-state index contributed by atoms with van der Waals surface area (Å²) in [5.74, 6) is -7.07. The Hall–Kier alpha value is -4.36. The van der Waals surface area contributed by atoms with E-state index >= 15 is 0 Å². The molecule has 6 aromatic rings. The van der Waals surface area contributed by atoms with Gasteiger partial charge in [0.05, 0.1) is 23.0 Å². The molecular formula is C48H30Cl8F4N2O4. The Morgan fingerprint density at radius 2 is 0.773 bits per heavy atom. The van der Waals surface area contributed by atoms with Gasteiger partial charge < -0.3 is 10.6 Å². The van der Waals surface area contributed by atoms with Crippen LogP contribution in [0.15, 0.2) is 121 Å². The summed E-state index contributed by atoms with van der Waals surface area (Å²) < 4.78 is 52.0. The SMILES string of the molecule is O=C(Cc1ccc(F)cc1)c1cc(NC(=O)[C@@H]2[C@@H](c3cc(Cl)cc(Cl)c3)C2(Cl)Cl)ccc1F.O=C(Cc1ccc(F)cc1)c1cc(NC(=O)[C@H]2[C@H](c3cc(Cl)cc(Cl)c3)C2(Cl)Cl)ccc1F. The molecule has 0 saturated heterocycles. The smallest absolute Gasteiger partial charge is 0.231 e. The number of nitrogens with one attached hydrogen (secondary N) is 2. The van der Waals surface area contributed by atoms with Gasteiger partial charge in [-0.05, 0) is 119 Å². The molecule has 2 aliphatic rings. The summed E-state index contributed by atoms with van der Waals surface area (Å²) in [5.41, 5.74) is 2.32. The number of hydrogen-bond acceptors (Lipinski definition) is 4. The Morgan fingerprint density at radius 1 is 0.455 bits per heavy atom. The summed E-state index contributed by atoms with van der Waals surface area (Å²) in [7, 11) is 0. The Bertz CT molecular complexity index is 2650. The van der Waals surface area contributed by atoms with Gasteiger partial charge in [-0.15, -0.1) is 46.4 Å². The highest BCUT2D eigenvalue weighted by molar-refractivity contribution is 6.54. The van der Waals surface area contributed by atoms with Crippen molar-refractivity contribution >= 4 is 128 Å². The molecule has 0 aliphatic heterocycles. The van der Waals surface area contributed by atoms with Gasteiger partial charge in [-0.3, -0.25) is 19.2 Å². The number of alkyl halides is 4. The van der Waals surface area contributed by atoms with E-state index < -0.39 is 79.0 Å². The largest absolute Gasteiger partial charge is 0.326 e. The molecule has 0 heterocycles. The number of Topliss-reactive ketones (excluding diaryl/α,β-unsaturated/α-hetero) is 2. The summed E-state index contributed by atoms with van der Waals surface area (Å²) in [6.45, 7) is 0. The average molecular weight is 1060 g/mol. The van der Waals surface area contributed by atoms with E-state index in [4.69, 9.17) is 92.8 Å². The van der Waals surface area contributed by atoms with Crippen molar-refractivity contribution in [2.45, 2.75) is 33.3 Å². The summed E-state index contributed by atoms with van der Waals surface area (Å²) in [5, 5.41) is 6.82. The predicted molar refractivity (Wildman–Crippen MR) is 253 cm³/mol. The van der Waals surface area contributed by atoms with Crippen molar-refractivity contribution in [1.82, 2.24) is 0 Å². The average Bonchev–Trinajstić information content (AvgIpc) is 4.05. The topological polar surface area (TPSA) is 92.3 Å². The first-order chi connectivity index (χ1) is 31.1. The number of anilines is 2. The maximum atomic E-state index is 14.3. The third kappa shape index (κ3) is 11.5. The predicted octanol–water partition coefficient (Wildman–Crippen LogP) is 14.4. The maximum absolute atomic E-state index is 14.3. The zero-order chi connectivity index (χ0) is 47.8. The van der Waals surface area contributed by atoms with E-state index in [1.807, 2.05) is 0 Å². The fraction of sp³-hybridized carbons (Fsp3) is 0.167. The number of carbonyl (C=O) groups excluding carboxylic acids is 4. The number of hydrogen-bond donors (Lipinski definition) is 2. The van der Waals surface area contributed by atoms with E-state index in [9.17, 15) is 36.7 Å². The van der Waals surface area contributed by atoms with E-state index in [-0.39, 0.29) is 35.3 Å². The van der Waals surface area contributed by atoms with Crippen LogP contribution in [0, 0.1) is 35.1 Å². The summed E-state index contributed by atoms with van der Waals surface area (Å²) >= 11 is 49.6. The van der Waals surface area contributed by atoms with Crippen LogP contribution in [0.1, 0.15) is 54.8 Å². The first-order valence-corrected chi connectivity index (χ1v) is 22.6. The lowest BCUT2D eigenvalue weighted by atomic mass is 10.0. The highest BCUT2D eigenvalue weighted by Crippen LogP contribution is 2.66. The second-order valence-electron chi connectivity index (χ2n) is 15.5. The second-order valence-corrected chi connectivity index (χ2v) is 20.1. The summed E-state index contributed by atoms with van der Waals surface area (Å²) in [6.07, 6.45) is -0.247. The Labute approximate surface area is 415 Å². The maximum Gasteiger partial charge on any atom is 0.231 e. The first kappa shape index (κ1) is 49.5. The standard InChI is InChI=1S/2C24H15Cl4F2NO2/c2*25-14-8-13(9-15(26)10-14)21-22(24(21,27)28)23(33)31-17-5-6-19(30)18(11-17)20(32)7-12-1-3-16(29)4-2-12/h2*1-6,8-11,21-22H,7H2,(H,31,33)/t2*21-,22+/m10/s1. The number of benzene rings is 6. The number of rotatable bonds is 12. The van der Waals surface area contributed by atoms with Gasteiger partial charge in [0.15, 0.2) is 11.6 Å². The van der Waals surface area contributed by atoms with Gasteiger partial charge in [0, 0.05) is 56.1 Å². The minimum atomic E-state index is -1.38. The highest BCUT2D eigenvalue weighted by atomic mass is 35.5. The Morgan fingerprint density at radius 3 is 1.09 bits per heavy atom. The van der Waals surface area contributed by atoms with Crippen LogP contribution in [0.2, 0.25) is 20.1 Å². The zero-order valence-electron chi connectivity index (χ0n) is 33.4. The van der Waals surface area contributed by atoms with Crippen molar-refractivity contribution in [3.63, 3.8) is 0 Å².